The molecule has 0 aliphatic carbocycles. The van der Waals surface area contributed by atoms with E-state index in [4.69, 9.17) is 4.74 Å². The number of β-amino-alcohol motifs (C(OH)–C–C–N with tert-alkyl or cyclic N) is 1. The second kappa shape index (κ2) is 9.16. The van der Waals surface area contributed by atoms with Crippen molar-refractivity contribution < 1.29 is 14.6 Å². The topological polar surface area (TPSA) is 53.0 Å². The maximum atomic E-state index is 12.4. The fourth-order valence-electron chi connectivity index (χ4n) is 2.84. The van der Waals surface area contributed by atoms with E-state index < -0.39 is 6.10 Å². The van der Waals surface area contributed by atoms with Gasteiger partial charge < -0.3 is 14.7 Å². The average molecular weight is 334 g/mol. The molecule has 1 saturated heterocycles. The van der Waals surface area contributed by atoms with Crippen LogP contribution in [-0.4, -0.2) is 66.2 Å². The van der Waals surface area contributed by atoms with Crippen LogP contribution in [0.5, 0.6) is 0 Å². The zero-order valence-electron chi connectivity index (χ0n) is 15.0. The molecule has 1 amide bonds. The van der Waals surface area contributed by atoms with Gasteiger partial charge in [-0.25, -0.2) is 0 Å². The predicted octanol–water partition coefficient (Wildman–Crippen LogP) is 1.93. The van der Waals surface area contributed by atoms with Gasteiger partial charge in [-0.15, -0.1) is 0 Å². The molecule has 1 aromatic rings. The molecule has 1 fully saturated rings. The smallest absolute Gasteiger partial charge is 0.251 e. The SMILES string of the molecule is CC(C)COC(C)C(=O)N1CCN(CC(O)c2ccccc2)CC1. The molecule has 1 aliphatic heterocycles. The summed E-state index contributed by atoms with van der Waals surface area (Å²) in [5, 5.41) is 10.3. The summed E-state index contributed by atoms with van der Waals surface area (Å²) in [5.74, 6) is 0.496. The van der Waals surface area contributed by atoms with E-state index in [-0.39, 0.29) is 12.0 Å². The number of rotatable bonds is 7. The lowest BCUT2D eigenvalue weighted by Gasteiger charge is -2.36. The molecule has 2 unspecified atom stereocenters. The van der Waals surface area contributed by atoms with Crippen molar-refractivity contribution in [2.24, 2.45) is 5.92 Å². The van der Waals surface area contributed by atoms with Crippen LogP contribution in [0.1, 0.15) is 32.4 Å². The first-order chi connectivity index (χ1) is 11.5. The Kier molecular flexibility index (Phi) is 7.21. The van der Waals surface area contributed by atoms with Crippen LogP contribution < -0.4 is 0 Å². The highest BCUT2D eigenvalue weighted by Gasteiger charge is 2.26. The Balaban J connectivity index is 1.75. The second-order valence-electron chi connectivity index (χ2n) is 6.92. The fraction of sp³-hybridized carbons (Fsp3) is 0.632. The minimum Gasteiger partial charge on any atom is -0.387 e. The van der Waals surface area contributed by atoms with Crippen LogP contribution in [0.4, 0.5) is 0 Å². The predicted molar refractivity (Wildman–Crippen MR) is 94.7 cm³/mol. The van der Waals surface area contributed by atoms with Crippen molar-refractivity contribution in [1.82, 2.24) is 9.80 Å². The molecule has 0 bridgehead atoms. The molecule has 0 aromatic heterocycles. The number of aliphatic hydroxyl groups is 1. The Morgan fingerprint density at radius 3 is 2.33 bits per heavy atom. The summed E-state index contributed by atoms with van der Waals surface area (Å²) in [7, 11) is 0. The van der Waals surface area contributed by atoms with E-state index in [1.165, 1.54) is 0 Å². The molecule has 0 spiro atoms. The number of carbonyl (C=O) groups is 1. The largest absolute Gasteiger partial charge is 0.387 e. The molecule has 2 atom stereocenters. The van der Waals surface area contributed by atoms with Gasteiger partial charge in [0, 0.05) is 39.3 Å². The molecular weight excluding hydrogens is 304 g/mol. The van der Waals surface area contributed by atoms with Crippen molar-refractivity contribution in [2.45, 2.75) is 33.0 Å². The number of aliphatic hydroxyl groups excluding tert-OH is 1. The van der Waals surface area contributed by atoms with Crippen LogP contribution in [-0.2, 0) is 9.53 Å². The van der Waals surface area contributed by atoms with Gasteiger partial charge in [0.1, 0.15) is 6.10 Å². The molecule has 5 nitrogen and oxygen atoms in total. The van der Waals surface area contributed by atoms with Gasteiger partial charge in [0.05, 0.1) is 6.10 Å². The lowest BCUT2D eigenvalue weighted by Crippen LogP contribution is -2.52. The molecule has 0 radical (unpaired) electrons. The van der Waals surface area contributed by atoms with E-state index in [9.17, 15) is 9.90 Å². The fourth-order valence-corrected chi connectivity index (χ4v) is 2.84. The van der Waals surface area contributed by atoms with Crippen LogP contribution in [0.3, 0.4) is 0 Å². The third kappa shape index (κ3) is 5.58. The first-order valence-corrected chi connectivity index (χ1v) is 8.83. The zero-order valence-corrected chi connectivity index (χ0v) is 15.0. The lowest BCUT2D eigenvalue weighted by molar-refractivity contribution is -0.145. The van der Waals surface area contributed by atoms with E-state index >= 15 is 0 Å². The van der Waals surface area contributed by atoms with Crippen molar-refractivity contribution in [3.8, 4) is 0 Å². The molecular formula is C19H30N2O3. The Hall–Kier alpha value is -1.43. The van der Waals surface area contributed by atoms with Crippen LogP contribution in [0.15, 0.2) is 30.3 Å². The summed E-state index contributed by atoms with van der Waals surface area (Å²) in [6.45, 7) is 10.1. The van der Waals surface area contributed by atoms with Crippen LogP contribution in [0, 0.1) is 5.92 Å². The molecule has 2 rings (SSSR count). The Morgan fingerprint density at radius 1 is 1.12 bits per heavy atom. The third-order valence-corrected chi connectivity index (χ3v) is 4.33. The first kappa shape index (κ1) is 18.9. The molecule has 134 valence electrons. The number of hydrogen-bond donors (Lipinski definition) is 1. The number of ether oxygens (including phenoxy) is 1. The molecule has 1 aliphatic rings. The van der Waals surface area contributed by atoms with E-state index in [1.54, 1.807) is 0 Å². The first-order valence-electron chi connectivity index (χ1n) is 8.83. The second-order valence-corrected chi connectivity index (χ2v) is 6.92. The number of piperazine rings is 1. The van der Waals surface area contributed by atoms with Crippen LogP contribution in [0.25, 0.3) is 0 Å². The van der Waals surface area contributed by atoms with Gasteiger partial charge >= 0.3 is 0 Å². The van der Waals surface area contributed by atoms with Gasteiger partial charge in [0.15, 0.2) is 0 Å². The normalized spacial score (nSPS) is 18.6. The number of amides is 1. The summed E-state index contributed by atoms with van der Waals surface area (Å²) < 4.78 is 5.62. The quantitative estimate of drug-likeness (QED) is 0.828. The van der Waals surface area contributed by atoms with Crippen molar-refractivity contribution in [2.75, 3.05) is 39.3 Å². The molecule has 1 N–H and O–H groups in total. The standard InChI is InChI=1S/C19H30N2O3/c1-15(2)14-24-16(3)19(23)21-11-9-20(10-12-21)13-18(22)17-7-5-4-6-8-17/h4-8,15-16,18,22H,9-14H2,1-3H3. The van der Waals surface area contributed by atoms with Gasteiger partial charge in [-0.1, -0.05) is 44.2 Å². The van der Waals surface area contributed by atoms with Crippen molar-refractivity contribution in [1.29, 1.82) is 0 Å². The molecule has 0 saturated carbocycles. The number of benzene rings is 1. The molecule has 1 aromatic carbocycles. The minimum absolute atomic E-state index is 0.0684. The Morgan fingerprint density at radius 2 is 1.75 bits per heavy atom. The maximum Gasteiger partial charge on any atom is 0.251 e. The Labute approximate surface area is 145 Å². The third-order valence-electron chi connectivity index (χ3n) is 4.33. The van der Waals surface area contributed by atoms with E-state index in [2.05, 4.69) is 18.7 Å². The van der Waals surface area contributed by atoms with Gasteiger partial charge in [-0.3, -0.25) is 9.69 Å². The highest BCUT2D eigenvalue weighted by molar-refractivity contribution is 5.80. The minimum atomic E-state index is -0.484. The van der Waals surface area contributed by atoms with Gasteiger partial charge in [-0.2, -0.15) is 0 Å². The molecule has 1 heterocycles. The lowest BCUT2D eigenvalue weighted by atomic mass is 10.1. The molecule has 24 heavy (non-hydrogen) atoms. The van der Waals surface area contributed by atoms with Crippen molar-refractivity contribution >= 4 is 5.91 Å². The van der Waals surface area contributed by atoms with Crippen LogP contribution >= 0.6 is 0 Å². The number of carbonyl (C=O) groups excluding carboxylic acids is 1. The summed E-state index contributed by atoms with van der Waals surface area (Å²) in [6.07, 6.45) is -0.865. The van der Waals surface area contributed by atoms with Crippen LogP contribution in [0.2, 0.25) is 0 Å². The van der Waals surface area contributed by atoms with E-state index in [0.29, 0.717) is 32.2 Å². The zero-order chi connectivity index (χ0) is 17.5. The van der Waals surface area contributed by atoms with Crippen molar-refractivity contribution in [3.63, 3.8) is 0 Å². The number of nitrogens with zero attached hydrogens (tertiary/aromatic N) is 2. The highest BCUT2D eigenvalue weighted by atomic mass is 16.5. The Bertz CT molecular complexity index is 499. The number of hydrogen-bond acceptors (Lipinski definition) is 4. The summed E-state index contributed by atoms with van der Waals surface area (Å²) in [4.78, 5) is 16.5. The summed E-state index contributed by atoms with van der Waals surface area (Å²) in [6, 6.07) is 9.71. The highest BCUT2D eigenvalue weighted by Crippen LogP contribution is 2.15. The maximum absolute atomic E-state index is 12.4. The van der Waals surface area contributed by atoms with Gasteiger partial charge in [0.25, 0.3) is 5.91 Å². The summed E-state index contributed by atoms with van der Waals surface area (Å²) in [5.41, 5.74) is 0.937. The average Bonchev–Trinajstić information content (AvgIpc) is 2.60. The summed E-state index contributed by atoms with van der Waals surface area (Å²) >= 11 is 0. The van der Waals surface area contributed by atoms with E-state index in [0.717, 1.165) is 18.7 Å². The molecule has 5 heteroatoms. The van der Waals surface area contributed by atoms with E-state index in [1.807, 2.05) is 42.2 Å². The van der Waals surface area contributed by atoms with Gasteiger partial charge in [-0.05, 0) is 18.4 Å². The van der Waals surface area contributed by atoms with Gasteiger partial charge in [0.2, 0.25) is 0 Å². The van der Waals surface area contributed by atoms with Crippen molar-refractivity contribution in [3.05, 3.63) is 35.9 Å². The monoisotopic (exact) mass is 334 g/mol.